The molecule has 0 saturated carbocycles. The van der Waals surface area contributed by atoms with Crippen LogP contribution in [0.15, 0.2) is 24.3 Å². The summed E-state index contributed by atoms with van der Waals surface area (Å²) in [6.07, 6.45) is 0. The molecule has 0 aliphatic heterocycles. The van der Waals surface area contributed by atoms with Gasteiger partial charge in [0.05, 0.1) is 5.02 Å². The van der Waals surface area contributed by atoms with Crippen LogP contribution in [0.25, 0.3) is 0 Å². The first-order chi connectivity index (χ1) is 8.95. The van der Waals surface area contributed by atoms with Gasteiger partial charge >= 0.3 is 0 Å². The molecular weight excluding hydrogens is 307 g/mol. The van der Waals surface area contributed by atoms with Crippen molar-refractivity contribution in [2.75, 3.05) is 0 Å². The molecule has 100 valence electrons. The van der Waals surface area contributed by atoms with Gasteiger partial charge in [-0.3, -0.25) is 0 Å². The number of benzene rings is 1. The molecule has 0 aliphatic carbocycles. The van der Waals surface area contributed by atoms with Crippen molar-refractivity contribution < 1.29 is 4.74 Å². The lowest BCUT2D eigenvalue weighted by Crippen LogP contribution is -1.99. The molecule has 0 radical (unpaired) electrons. The quantitative estimate of drug-likeness (QED) is 0.715. The summed E-state index contributed by atoms with van der Waals surface area (Å²) in [5, 5.41) is 1.29. The molecule has 0 saturated heterocycles. The highest BCUT2D eigenvalue weighted by molar-refractivity contribution is 6.35. The van der Waals surface area contributed by atoms with E-state index in [-0.39, 0.29) is 5.92 Å². The smallest absolute Gasteiger partial charge is 0.224 e. The Morgan fingerprint density at radius 1 is 1.05 bits per heavy atom. The number of hydrogen-bond acceptors (Lipinski definition) is 3. The molecule has 2 aromatic rings. The molecule has 0 bridgehead atoms. The Balaban J connectivity index is 2.32. The van der Waals surface area contributed by atoms with E-state index in [9.17, 15) is 0 Å². The molecule has 0 fully saturated rings. The van der Waals surface area contributed by atoms with Crippen LogP contribution >= 0.6 is 34.8 Å². The summed E-state index contributed by atoms with van der Waals surface area (Å²) in [5.41, 5.74) is 0. The Bertz CT molecular complexity index is 602. The highest BCUT2D eigenvalue weighted by Gasteiger charge is 2.10. The zero-order valence-corrected chi connectivity index (χ0v) is 12.6. The van der Waals surface area contributed by atoms with Crippen molar-refractivity contribution in [3.8, 4) is 11.6 Å². The second-order valence-electron chi connectivity index (χ2n) is 4.22. The van der Waals surface area contributed by atoms with Crippen LogP contribution in [0.4, 0.5) is 0 Å². The molecular formula is C13H11Cl3N2O. The van der Waals surface area contributed by atoms with E-state index in [2.05, 4.69) is 9.97 Å². The van der Waals surface area contributed by atoms with Gasteiger partial charge in [-0.15, -0.1) is 0 Å². The lowest BCUT2D eigenvalue weighted by Gasteiger charge is -2.10. The molecule has 1 heterocycles. The van der Waals surface area contributed by atoms with E-state index in [1.807, 2.05) is 13.8 Å². The van der Waals surface area contributed by atoms with Gasteiger partial charge in [0.15, 0.2) is 0 Å². The molecule has 3 nitrogen and oxygen atoms in total. The first-order valence-electron chi connectivity index (χ1n) is 5.63. The van der Waals surface area contributed by atoms with Crippen molar-refractivity contribution in [3.05, 3.63) is 45.3 Å². The topological polar surface area (TPSA) is 35.0 Å². The van der Waals surface area contributed by atoms with Gasteiger partial charge in [-0.2, -0.15) is 4.98 Å². The van der Waals surface area contributed by atoms with Crippen LogP contribution in [-0.2, 0) is 0 Å². The maximum Gasteiger partial charge on any atom is 0.224 e. The number of ether oxygens (including phenoxy) is 1. The van der Waals surface area contributed by atoms with E-state index < -0.39 is 0 Å². The van der Waals surface area contributed by atoms with Gasteiger partial charge in [-0.1, -0.05) is 48.7 Å². The highest BCUT2D eigenvalue weighted by atomic mass is 35.5. The van der Waals surface area contributed by atoms with E-state index >= 15 is 0 Å². The zero-order valence-electron chi connectivity index (χ0n) is 10.3. The van der Waals surface area contributed by atoms with Crippen LogP contribution in [0.3, 0.4) is 0 Å². The maximum atomic E-state index is 6.04. The lowest BCUT2D eigenvalue weighted by molar-refractivity contribution is 0.457. The fraction of sp³-hybridized carbons (Fsp3) is 0.231. The van der Waals surface area contributed by atoms with Crippen molar-refractivity contribution in [3.63, 3.8) is 0 Å². The number of aromatic nitrogens is 2. The normalized spacial score (nSPS) is 10.8. The van der Waals surface area contributed by atoms with Gasteiger partial charge in [0.2, 0.25) is 5.88 Å². The number of rotatable bonds is 3. The summed E-state index contributed by atoms with van der Waals surface area (Å²) in [4.78, 5) is 8.41. The zero-order chi connectivity index (χ0) is 14.0. The highest BCUT2D eigenvalue weighted by Crippen LogP contribution is 2.31. The number of hydrogen-bond donors (Lipinski definition) is 0. The molecule has 0 aliphatic rings. The minimum absolute atomic E-state index is 0.154. The summed E-state index contributed by atoms with van der Waals surface area (Å²) < 4.78 is 5.61. The molecule has 1 aromatic heterocycles. The summed E-state index contributed by atoms with van der Waals surface area (Å²) in [5.74, 6) is 1.60. The Kier molecular flexibility index (Phi) is 4.50. The summed E-state index contributed by atoms with van der Waals surface area (Å²) in [6, 6.07) is 6.51. The maximum absolute atomic E-state index is 6.04. The average molecular weight is 318 g/mol. The third-order valence-electron chi connectivity index (χ3n) is 2.31. The summed E-state index contributed by atoms with van der Waals surface area (Å²) >= 11 is 17.8. The SMILES string of the molecule is CC(C)c1nc(Cl)cc(Oc2ccc(Cl)cc2Cl)n1. The predicted octanol–water partition coefficient (Wildman–Crippen LogP) is 5.35. The Labute approximate surface area is 126 Å². The minimum atomic E-state index is 0.154. The molecule has 0 atom stereocenters. The lowest BCUT2D eigenvalue weighted by atomic mass is 10.2. The molecule has 0 amide bonds. The second-order valence-corrected chi connectivity index (χ2v) is 5.45. The molecule has 0 N–H and O–H groups in total. The molecule has 1 aromatic carbocycles. The average Bonchev–Trinajstić information content (AvgIpc) is 2.32. The van der Waals surface area contributed by atoms with Crippen LogP contribution in [0.2, 0.25) is 15.2 Å². The predicted molar refractivity (Wildman–Crippen MR) is 77.7 cm³/mol. The standard InChI is InChI=1S/C13H11Cl3N2O/c1-7(2)13-17-11(16)6-12(18-13)19-10-4-3-8(14)5-9(10)15/h3-7H,1-2H3. The third kappa shape index (κ3) is 3.72. The summed E-state index contributed by atoms with van der Waals surface area (Å²) in [6.45, 7) is 3.95. The van der Waals surface area contributed by atoms with Gasteiger partial charge in [0, 0.05) is 17.0 Å². The second kappa shape index (κ2) is 5.95. The molecule has 19 heavy (non-hydrogen) atoms. The van der Waals surface area contributed by atoms with E-state index in [1.54, 1.807) is 24.3 Å². The third-order valence-corrected chi connectivity index (χ3v) is 3.04. The van der Waals surface area contributed by atoms with Crippen molar-refractivity contribution in [1.82, 2.24) is 9.97 Å². The van der Waals surface area contributed by atoms with E-state index in [4.69, 9.17) is 39.5 Å². The van der Waals surface area contributed by atoms with Gasteiger partial charge in [0.1, 0.15) is 16.7 Å². The summed E-state index contributed by atoms with van der Waals surface area (Å²) in [7, 11) is 0. The van der Waals surface area contributed by atoms with Gasteiger partial charge in [0.25, 0.3) is 0 Å². The molecule has 6 heteroatoms. The first-order valence-corrected chi connectivity index (χ1v) is 6.76. The fourth-order valence-corrected chi connectivity index (χ4v) is 2.02. The van der Waals surface area contributed by atoms with E-state index in [1.165, 1.54) is 0 Å². The Hall–Kier alpha value is -1.03. The minimum Gasteiger partial charge on any atom is -0.437 e. The molecule has 0 spiro atoms. The van der Waals surface area contributed by atoms with Crippen LogP contribution in [-0.4, -0.2) is 9.97 Å². The van der Waals surface area contributed by atoms with Crippen molar-refractivity contribution in [2.24, 2.45) is 0 Å². The Morgan fingerprint density at radius 3 is 2.42 bits per heavy atom. The monoisotopic (exact) mass is 316 g/mol. The van der Waals surface area contributed by atoms with E-state index in [0.717, 1.165) is 0 Å². The van der Waals surface area contributed by atoms with Crippen molar-refractivity contribution in [2.45, 2.75) is 19.8 Å². The van der Waals surface area contributed by atoms with Crippen LogP contribution < -0.4 is 4.74 Å². The number of nitrogens with zero attached hydrogens (tertiary/aromatic N) is 2. The van der Waals surface area contributed by atoms with E-state index in [0.29, 0.717) is 32.7 Å². The van der Waals surface area contributed by atoms with Crippen molar-refractivity contribution in [1.29, 1.82) is 0 Å². The largest absolute Gasteiger partial charge is 0.437 e. The fourth-order valence-electron chi connectivity index (χ4n) is 1.39. The van der Waals surface area contributed by atoms with Crippen LogP contribution in [0.1, 0.15) is 25.6 Å². The van der Waals surface area contributed by atoms with Crippen LogP contribution in [0.5, 0.6) is 11.6 Å². The van der Waals surface area contributed by atoms with Gasteiger partial charge in [-0.25, -0.2) is 4.98 Å². The van der Waals surface area contributed by atoms with Crippen molar-refractivity contribution >= 4 is 34.8 Å². The Morgan fingerprint density at radius 2 is 1.79 bits per heavy atom. The first kappa shape index (κ1) is 14.4. The molecule has 0 unspecified atom stereocenters. The number of halogens is 3. The molecule has 2 rings (SSSR count). The van der Waals surface area contributed by atoms with Gasteiger partial charge in [-0.05, 0) is 18.2 Å². The van der Waals surface area contributed by atoms with Gasteiger partial charge < -0.3 is 4.74 Å². The van der Waals surface area contributed by atoms with Crippen LogP contribution in [0, 0.1) is 0 Å².